The molecular weight excluding hydrogens is 363 g/mol. The molecule has 154 valence electrons. The predicted molar refractivity (Wildman–Crippen MR) is 96.4 cm³/mol. The Morgan fingerprint density at radius 1 is 0.885 bits per heavy atom. The van der Waals surface area contributed by atoms with Gasteiger partial charge in [-0.3, -0.25) is 14.1 Å². The van der Waals surface area contributed by atoms with Crippen molar-refractivity contribution in [3.63, 3.8) is 0 Å². The van der Waals surface area contributed by atoms with Crippen LogP contribution < -0.4 is 0 Å². The molecule has 1 unspecified atom stereocenters. The van der Waals surface area contributed by atoms with Crippen LogP contribution in [0.1, 0.15) is 78.1 Å². The second kappa shape index (κ2) is 15.1. The zero-order valence-electron chi connectivity index (χ0n) is 15.9. The second-order valence-electron chi connectivity index (χ2n) is 6.16. The van der Waals surface area contributed by atoms with Gasteiger partial charge in [0, 0.05) is 12.8 Å². The van der Waals surface area contributed by atoms with E-state index < -0.39 is 32.5 Å². The van der Waals surface area contributed by atoms with Gasteiger partial charge in [-0.1, -0.05) is 58.8 Å². The first kappa shape index (κ1) is 25.1. The first-order valence-electron chi connectivity index (χ1n) is 9.33. The molecule has 0 fully saturated rings. The Bertz CT molecular complexity index is 434. The molecule has 0 saturated carbocycles. The highest BCUT2D eigenvalue weighted by molar-refractivity contribution is 7.46. The fourth-order valence-corrected chi connectivity index (χ4v) is 2.59. The van der Waals surface area contributed by atoms with Crippen molar-refractivity contribution in [2.24, 2.45) is 0 Å². The number of hydrogen-bond acceptors (Lipinski definition) is 6. The molecule has 2 N–H and O–H groups in total. The molecule has 1 atom stereocenters. The Kier molecular flexibility index (Phi) is 14.6. The summed E-state index contributed by atoms with van der Waals surface area (Å²) in [6, 6.07) is 0. The Morgan fingerprint density at radius 2 is 1.46 bits per heavy atom. The monoisotopic (exact) mass is 396 g/mol. The molecule has 9 heteroatoms. The number of esters is 2. The van der Waals surface area contributed by atoms with Crippen LogP contribution in [0.25, 0.3) is 0 Å². The largest absolute Gasteiger partial charge is 0.469 e. The van der Waals surface area contributed by atoms with Crippen molar-refractivity contribution in [1.82, 2.24) is 0 Å². The van der Waals surface area contributed by atoms with Crippen molar-refractivity contribution in [2.45, 2.75) is 84.2 Å². The fraction of sp³-hybridized carbons (Fsp3) is 0.882. The summed E-state index contributed by atoms with van der Waals surface area (Å²) in [6.07, 6.45) is 8.08. The van der Waals surface area contributed by atoms with Gasteiger partial charge in [-0.05, 0) is 6.42 Å². The van der Waals surface area contributed by atoms with E-state index >= 15 is 0 Å². The number of phosphoric acid groups is 1. The maximum Gasteiger partial charge on any atom is 0.469 e. The summed E-state index contributed by atoms with van der Waals surface area (Å²) in [4.78, 5) is 40.5. The molecule has 8 nitrogen and oxygen atoms in total. The van der Waals surface area contributed by atoms with Crippen LogP contribution in [0.15, 0.2) is 0 Å². The van der Waals surface area contributed by atoms with Crippen molar-refractivity contribution in [2.75, 3.05) is 13.2 Å². The average Bonchev–Trinajstić information content (AvgIpc) is 2.58. The zero-order chi connectivity index (χ0) is 19.8. The van der Waals surface area contributed by atoms with E-state index in [2.05, 4.69) is 11.4 Å². The van der Waals surface area contributed by atoms with Gasteiger partial charge in [-0.2, -0.15) is 0 Å². The normalized spacial score (nSPS) is 12.6. The van der Waals surface area contributed by atoms with Gasteiger partial charge in [0.25, 0.3) is 0 Å². The minimum absolute atomic E-state index is 0.151. The molecule has 0 aliphatic heterocycles. The molecule has 0 spiro atoms. The number of rotatable bonds is 16. The molecule has 0 heterocycles. The standard InChI is InChI=1S/C17H33O8P/c1-3-5-6-7-8-9-10-11-12-17(19)25-15(13-23-16(18)4-2)14-24-26(20,21)22/h15H,3-14H2,1-2H3,(H2,20,21,22). The molecule has 26 heavy (non-hydrogen) atoms. The molecule has 0 saturated heterocycles. The summed E-state index contributed by atoms with van der Waals surface area (Å²) in [5, 5.41) is 0. The number of carbonyl (C=O) groups excluding carboxylic acids is 2. The van der Waals surface area contributed by atoms with Crippen molar-refractivity contribution in [3.8, 4) is 0 Å². The van der Waals surface area contributed by atoms with Gasteiger partial charge in [-0.25, -0.2) is 4.57 Å². The number of phosphoric ester groups is 1. The molecule has 0 bridgehead atoms. The molecule has 0 rings (SSSR count). The molecular formula is C17H33O8P. The van der Waals surface area contributed by atoms with Crippen molar-refractivity contribution < 1.29 is 37.9 Å². The second-order valence-corrected chi connectivity index (χ2v) is 7.40. The maximum absolute atomic E-state index is 11.9. The van der Waals surface area contributed by atoms with Crippen LogP contribution in [0.3, 0.4) is 0 Å². The minimum atomic E-state index is -4.69. The van der Waals surface area contributed by atoms with Gasteiger partial charge in [0.15, 0.2) is 6.10 Å². The first-order valence-corrected chi connectivity index (χ1v) is 10.9. The Hall–Kier alpha value is -0.950. The third-order valence-corrected chi connectivity index (χ3v) is 4.17. The van der Waals surface area contributed by atoms with Gasteiger partial charge < -0.3 is 19.3 Å². The van der Waals surface area contributed by atoms with Gasteiger partial charge in [-0.15, -0.1) is 0 Å². The lowest BCUT2D eigenvalue weighted by molar-refractivity contribution is -0.161. The van der Waals surface area contributed by atoms with Gasteiger partial charge >= 0.3 is 19.8 Å². The van der Waals surface area contributed by atoms with E-state index in [1.807, 2.05) is 0 Å². The molecule has 0 amide bonds. The third-order valence-electron chi connectivity index (χ3n) is 3.68. The SMILES string of the molecule is CCCCCCCCCCC(=O)OC(COC(=O)CC)COP(=O)(O)O. The number of ether oxygens (including phenoxy) is 2. The van der Waals surface area contributed by atoms with Crippen LogP contribution in [0.2, 0.25) is 0 Å². The van der Waals surface area contributed by atoms with Crippen molar-refractivity contribution in [3.05, 3.63) is 0 Å². The lowest BCUT2D eigenvalue weighted by atomic mass is 10.1. The van der Waals surface area contributed by atoms with E-state index in [0.29, 0.717) is 6.42 Å². The van der Waals surface area contributed by atoms with Gasteiger partial charge in [0.1, 0.15) is 6.61 Å². The summed E-state index contributed by atoms with van der Waals surface area (Å²) in [5.41, 5.74) is 0. The van der Waals surface area contributed by atoms with E-state index in [9.17, 15) is 14.2 Å². The molecule has 0 aromatic carbocycles. The van der Waals surface area contributed by atoms with E-state index in [0.717, 1.165) is 19.3 Å². The predicted octanol–water partition coefficient (Wildman–Crippen LogP) is 3.49. The molecule has 0 aromatic heterocycles. The van der Waals surface area contributed by atoms with Crippen LogP contribution >= 0.6 is 7.82 Å². The first-order chi connectivity index (χ1) is 12.3. The summed E-state index contributed by atoms with van der Waals surface area (Å²) < 4.78 is 25.1. The van der Waals surface area contributed by atoms with Gasteiger partial charge in [0.2, 0.25) is 0 Å². The summed E-state index contributed by atoms with van der Waals surface area (Å²) in [6.45, 7) is 2.95. The molecule has 0 aliphatic carbocycles. The topological polar surface area (TPSA) is 119 Å². The highest BCUT2D eigenvalue weighted by Gasteiger charge is 2.22. The van der Waals surface area contributed by atoms with E-state index in [1.165, 1.54) is 25.7 Å². The van der Waals surface area contributed by atoms with Crippen molar-refractivity contribution >= 4 is 19.8 Å². The number of carbonyl (C=O) groups is 2. The minimum Gasteiger partial charge on any atom is -0.462 e. The molecule has 0 radical (unpaired) electrons. The number of unbranched alkanes of at least 4 members (excludes halogenated alkanes) is 7. The summed E-state index contributed by atoms with van der Waals surface area (Å²) >= 11 is 0. The van der Waals surface area contributed by atoms with Crippen LogP contribution in [0.4, 0.5) is 0 Å². The highest BCUT2D eigenvalue weighted by Crippen LogP contribution is 2.35. The van der Waals surface area contributed by atoms with E-state index in [-0.39, 0.29) is 19.4 Å². The lowest BCUT2D eigenvalue weighted by Crippen LogP contribution is -2.29. The summed E-state index contributed by atoms with van der Waals surface area (Å²) in [5.74, 6) is -0.992. The Morgan fingerprint density at radius 3 is 2.00 bits per heavy atom. The average molecular weight is 396 g/mol. The van der Waals surface area contributed by atoms with Gasteiger partial charge in [0.05, 0.1) is 6.61 Å². The maximum atomic E-state index is 11.9. The van der Waals surface area contributed by atoms with Crippen LogP contribution in [0.5, 0.6) is 0 Å². The van der Waals surface area contributed by atoms with Crippen LogP contribution in [-0.2, 0) is 28.2 Å². The zero-order valence-corrected chi connectivity index (χ0v) is 16.7. The smallest absolute Gasteiger partial charge is 0.462 e. The lowest BCUT2D eigenvalue weighted by Gasteiger charge is -2.18. The van der Waals surface area contributed by atoms with E-state index in [4.69, 9.17) is 19.3 Å². The summed E-state index contributed by atoms with van der Waals surface area (Å²) in [7, 11) is -4.69. The number of hydrogen-bond donors (Lipinski definition) is 2. The Labute approximate surface area is 155 Å². The quantitative estimate of drug-likeness (QED) is 0.231. The van der Waals surface area contributed by atoms with Crippen LogP contribution in [-0.4, -0.2) is 41.0 Å². The third kappa shape index (κ3) is 16.5. The van der Waals surface area contributed by atoms with Crippen molar-refractivity contribution in [1.29, 1.82) is 0 Å². The van der Waals surface area contributed by atoms with E-state index in [1.54, 1.807) is 6.92 Å². The molecule has 0 aliphatic rings. The fourth-order valence-electron chi connectivity index (χ4n) is 2.23. The molecule has 0 aromatic rings. The Balaban J connectivity index is 4.06. The highest BCUT2D eigenvalue weighted by atomic mass is 31.2. The van der Waals surface area contributed by atoms with Crippen LogP contribution in [0, 0.1) is 0 Å².